The van der Waals surface area contributed by atoms with Crippen molar-refractivity contribution in [2.24, 2.45) is 0 Å². The second-order valence-corrected chi connectivity index (χ2v) is 8.52. The number of imide groups is 1. The van der Waals surface area contributed by atoms with Gasteiger partial charge in [-0.05, 0) is 60.9 Å². The van der Waals surface area contributed by atoms with E-state index in [1.165, 1.54) is 0 Å². The maximum absolute atomic E-state index is 11.9. The van der Waals surface area contributed by atoms with Crippen molar-refractivity contribution < 1.29 is 14.3 Å². The molecule has 1 aliphatic rings. The second kappa shape index (κ2) is 8.13. The topological polar surface area (TPSA) is 68.3 Å². The maximum atomic E-state index is 11.9. The molecule has 0 bridgehead atoms. The number of nitrogens with zero attached hydrogens (tertiary/aromatic N) is 1. The molecule has 2 amide bonds. The molecule has 2 atom stereocenters. The lowest BCUT2D eigenvalue weighted by Gasteiger charge is -2.18. The molecule has 1 N–H and O–H groups in total. The molecule has 3 rings (SSSR count). The highest BCUT2D eigenvalue weighted by molar-refractivity contribution is 8.16. The Morgan fingerprint density at radius 1 is 1.19 bits per heavy atom. The predicted octanol–water partition coefficient (Wildman–Crippen LogP) is 4.11. The molecule has 0 saturated carbocycles. The Kier molecular flexibility index (Phi) is 5.85. The van der Waals surface area contributed by atoms with E-state index in [1.54, 1.807) is 6.92 Å². The fourth-order valence-electron chi connectivity index (χ4n) is 2.96. The highest BCUT2D eigenvalue weighted by atomic mass is 32.2. The van der Waals surface area contributed by atoms with Crippen molar-refractivity contribution in [2.45, 2.75) is 44.3 Å². The third-order valence-corrected chi connectivity index (χ3v) is 5.83. The van der Waals surface area contributed by atoms with Crippen LogP contribution < -0.4 is 10.1 Å². The van der Waals surface area contributed by atoms with Crippen LogP contribution in [0.3, 0.4) is 0 Å². The van der Waals surface area contributed by atoms with Gasteiger partial charge in [-0.15, -0.1) is 0 Å². The average molecular weight is 385 g/mol. The second-order valence-electron chi connectivity index (χ2n) is 7.04. The molecule has 1 aromatic carbocycles. The lowest BCUT2D eigenvalue weighted by atomic mass is 9.99. The summed E-state index contributed by atoms with van der Waals surface area (Å²) in [5.74, 6) is 0.800. The molecule has 2 unspecified atom stereocenters. The van der Waals surface area contributed by atoms with E-state index < -0.39 is 4.75 Å². The zero-order chi connectivity index (χ0) is 19.4. The molecule has 1 aliphatic heterocycles. The minimum absolute atomic E-state index is 0.227. The smallest absolute Gasteiger partial charge is 0.286 e. The van der Waals surface area contributed by atoms with Crippen LogP contribution in [0.5, 0.6) is 5.75 Å². The standard InChI is InChI=1S/C21H24N2O3S/c1-4-17-8-7-16(12-22-17)14(2)13-26-18-9-5-15(6-10-18)11-21(3)19(24)23-20(25)27-21/h5-10,12,14H,4,11,13H2,1-3H3,(H,23,24,25). The number of pyridine rings is 1. The normalized spacial score (nSPS) is 20.4. The van der Waals surface area contributed by atoms with Crippen LogP contribution in [0.4, 0.5) is 4.79 Å². The predicted molar refractivity (Wildman–Crippen MR) is 107 cm³/mol. The quantitative estimate of drug-likeness (QED) is 0.778. The number of carbonyl (C=O) groups excluding carboxylic acids is 2. The molecule has 1 fully saturated rings. The number of nitrogens with one attached hydrogen (secondary N) is 1. The lowest BCUT2D eigenvalue weighted by molar-refractivity contribution is -0.121. The number of hydrogen-bond donors (Lipinski definition) is 1. The molecule has 2 aromatic rings. The summed E-state index contributed by atoms with van der Waals surface area (Å²) in [5.41, 5.74) is 3.24. The van der Waals surface area contributed by atoms with E-state index in [1.807, 2.05) is 30.5 Å². The first-order valence-electron chi connectivity index (χ1n) is 9.10. The summed E-state index contributed by atoms with van der Waals surface area (Å²) in [7, 11) is 0. The van der Waals surface area contributed by atoms with E-state index in [4.69, 9.17) is 4.74 Å². The molecule has 0 aliphatic carbocycles. The van der Waals surface area contributed by atoms with Crippen molar-refractivity contribution in [3.05, 3.63) is 59.4 Å². The summed E-state index contributed by atoms with van der Waals surface area (Å²) in [5, 5.41) is 2.07. The van der Waals surface area contributed by atoms with Crippen LogP contribution >= 0.6 is 11.8 Å². The molecule has 1 saturated heterocycles. The van der Waals surface area contributed by atoms with Gasteiger partial charge in [0.15, 0.2) is 0 Å². The minimum atomic E-state index is -0.744. The van der Waals surface area contributed by atoms with Crippen molar-refractivity contribution in [1.82, 2.24) is 10.3 Å². The van der Waals surface area contributed by atoms with Crippen molar-refractivity contribution in [1.29, 1.82) is 0 Å². The summed E-state index contributed by atoms with van der Waals surface area (Å²) in [6.45, 7) is 6.57. The van der Waals surface area contributed by atoms with Gasteiger partial charge in [0.1, 0.15) is 10.5 Å². The van der Waals surface area contributed by atoms with Crippen molar-refractivity contribution in [3.8, 4) is 5.75 Å². The molecule has 142 valence electrons. The van der Waals surface area contributed by atoms with Crippen LogP contribution in [0.25, 0.3) is 0 Å². The number of aryl methyl sites for hydroxylation is 1. The van der Waals surface area contributed by atoms with Crippen molar-refractivity contribution >= 4 is 22.9 Å². The van der Waals surface area contributed by atoms with Gasteiger partial charge in [-0.3, -0.25) is 19.9 Å². The molecule has 6 heteroatoms. The van der Waals surface area contributed by atoms with Crippen LogP contribution in [0.1, 0.15) is 43.5 Å². The number of thioether (sulfide) groups is 1. The van der Waals surface area contributed by atoms with Gasteiger partial charge in [0.05, 0.1) is 6.61 Å². The van der Waals surface area contributed by atoms with Crippen molar-refractivity contribution in [3.63, 3.8) is 0 Å². The van der Waals surface area contributed by atoms with E-state index >= 15 is 0 Å². The van der Waals surface area contributed by atoms with Gasteiger partial charge < -0.3 is 4.74 Å². The maximum Gasteiger partial charge on any atom is 0.286 e. The monoisotopic (exact) mass is 384 g/mol. The number of aromatic nitrogens is 1. The van der Waals surface area contributed by atoms with Gasteiger partial charge in [0.2, 0.25) is 5.91 Å². The van der Waals surface area contributed by atoms with Gasteiger partial charge in [-0.1, -0.05) is 32.0 Å². The van der Waals surface area contributed by atoms with Gasteiger partial charge in [-0.25, -0.2) is 0 Å². The summed E-state index contributed by atoms with van der Waals surface area (Å²) in [6.07, 6.45) is 3.36. The molecular formula is C21H24N2O3S. The SMILES string of the molecule is CCc1ccc(C(C)COc2ccc(CC3(C)SC(=O)NC3=O)cc2)cn1. The fraction of sp³-hybridized carbons (Fsp3) is 0.381. The Morgan fingerprint density at radius 3 is 2.48 bits per heavy atom. The zero-order valence-electron chi connectivity index (χ0n) is 15.8. The Bertz CT molecular complexity index is 820. The first-order valence-corrected chi connectivity index (χ1v) is 9.92. The number of ether oxygens (including phenoxy) is 1. The van der Waals surface area contributed by atoms with Crippen LogP contribution in [-0.4, -0.2) is 27.5 Å². The fourth-order valence-corrected chi connectivity index (χ4v) is 3.90. The average Bonchev–Trinajstić information content (AvgIpc) is 2.92. The molecule has 1 aromatic heterocycles. The first kappa shape index (κ1) is 19.4. The van der Waals surface area contributed by atoms with Crippen LogP contribution in [0.2, 0.25) is 0 Å². The van der Waals surface area contributed by atoms with Crippen LogP contribution in [0, 0.1) is 0 Å². The Labute approximate surface area is 163 Å². The highest BCUT2D eigenvalue weighted by Crippen LogP contribution is 2.35. The largest absolute Gasteiger partial charge is 0.493 e. The number of amides is 2. The first-order chi connectivity index (χ1) is 12.9. The summed E-state index contributed by atoms with van der Waals surface area (Å²) >= 11 is 1.05. The summed E-state index contributed by atoms with van der Waals surface area (Å²) in [4.78, 5) is 27.8. The van der Waals surface area contributed by atoms with E-state index in [0.717, 1.165) is 40.8 Å². The van der Waals surface area contributed by atoms with Gasteiger partial charge >= 0.3 is 0 Å². The molecule has 5 nitrogen and oxygen atoms in total. The van der Waals surface area contributed by atoms with Gasteiger partial charge in [-0.2, -0.15) is 0 Å². The molecule has 0 spiro atoms. The third kappa shape index (κ3) is 4.69. The molecule has 27 heavy (non-hydrogen) atoms. The van der Waals surface area contributed by atoms with Crippen LogP contribution in [0.15, 0.2) is 42.6 Å². The number of hydrogen-bond acceptors (Lipinski definition) is 5. The van der Waals surface area contributed by atoms with E-state index in [-0.39, 0.29) is 17.1 Å². The van der Waals surface area contributed by atoms with E-state index in [0.29, 0.717) is 13.0 Å². The number of carbonyl (C=O) groups is 2. The highest BCUT2D eigenvalue weighted by Gasteiger charge is 2.43. The summed E-state index contributed by atoms with van der Waals surface area (Å²) < 4.78 is 5.16. The molecule has 0 radical (unpaired) electrons. The zero-order valence-corrected chi connectivity index (χ0v) is 16.6. The van der Waals surface area contributed by atoms with Gasteiger partial charge in [0, 0.05) is 17.8 Å². The minimum Gasteiger partial charge on any atom is -0.493 e. The Hall–Kier alpha value is -2.34. The molecule has 2 heterocycles. The van der Waals surface area contributed by atoms with E-state index in [2.05, 4.69) is 36.3 Å². The Morgan fingerprint density at radius 2 is 1.93 bits per heavy atom. The third-order valence-electron chi connectivity index (χ3n) is 4.76. The van der Waals surface area contributed by atoms with Gasteiger partial charge in [0.25, 0.3) is 5.24 Å². The summed E-state index contributed by atoms with van der Waals surface area (Å²) in [6, 6.07) is 11.9. The molecular weight excluding hydrogens is 360 g/mol. The lowest BCUT2D eigenvalue weighted by Crippen LogP contribution is -2.35. The number of benzene rings is 1. The van der Waals surface area contributed by atoms with Crippen LogP contribution in [-0.2, 0) is 17.6 Å². The number of rotatable bonds is 7. The Balaban J connectivity index is 1.56. The van der Waals surface area contributed by atoms with E-state index in [9.17, 15) is 9.59 Å². The van der Waals surface area contributed by atoms with Crippen molar-refractivity contribution in [2.75, 3.05) is 6.61 Å².